The van der Waals surface area contributed by atoms with Crippen LogP contribution in [-0.4, -0.2) is 31.4 Å². The topological polar surface area (TPSA) is 113 Å². The van der Waals surface area contributed by atoms with Gasteiger partial charge in [-0.15, -0.1) is 0 Å². The normalized spacial score (nSPS) is 12.6. The molecular formula is C18H20N2O5S. The summed E-state index contributed by atoms with van der Waals surface area (Å²) < 4.78 is 26.9. The lowest BCUT2D eigenvalue weighted by molar-refractivity contribution is -0.140. The minimum Gasteiger partial charge on any atom is -0.480 e. The van der Waals surface area contributed by atoms with Crippen molar-refractivity contribution in [3.8, 4) is 0 Å². The van der Waals surface area contributed by atoms with Crippen molar-refractivity contribution in [2.24, 2.45) is 5.92 Å². The van der Waals surface area contributed by atoms with Crippen molar-refractivity contribution in [2.75, 3.05) is 5.32 Å². The molecule has 0 aliphatic rings. The Hall–Kier alpha value is -2.71. The molecule has 0 radical (unpaired) electrons. The van der Waals surface area contributed by atoms with Crippen molar-refractivity contribution < 1.29 is 23.1 Å². The number of carboxylic acids is 1. The second-order valence-corrected chi connectivity index (χ2v) is 7.74. The summed E-state index contributed by atoms with van der Waals surface area (Å²) >= 11 is 0. The molecule has 8 heteroatoms. The molecular weight excluding hydrogens is 356 g/mol. The summed E-state index contributed by atoms with van der Waals surface area (Å²) in [6.07, 6.45) is 0. The van der Waals surface area contributed by atoms with Gasteiger partial charge in [-0.3, -0.25) is 9.59 Å². The lowest BCUT2D eigenvalue weighted by atomic mass is 10.1. The highest BCUT2D eigenvalue weighted by Gasteiger charge is 2.27. The Bertz CT molecular complexity index is 878. The first-order chi connectivity index (χ1) is 12.2. The smallest absolute Gasteiger partial charge is 0.322 e. The molecule has 0 saturated carbocycles. The molecule has 0 saturated heterocycles. The second kappa shape index (κ2) is 8.11. The Labute approximate surface area is 152 Å². The van der Waals surface area contributed by atoms with Gasteiger partial charge in [0.15, 0.2) is 0 Å². The monoisotopic (exact) mass is 376 g/mol. The summed E-state index contributed by atoms with van der Waals surface area (Å²) in [5, 5.41) is 11.8. The molecule has 2 aromatic rings. The molecule has 0 aromatic heterocycles. The Morgan fingerprint density at radius 2 is 1.54 bits per heavy atom. The van der Waals surface area contributed by atoms with E-state index in [1.807, 2.05) is 0 Å². The molecule has 2 rings (SSSR count). The van der Waals surface area contributed by atoms with Gasteiger partial charge in [-0.05, 0) is 42.3 Å². The number of carboxylic acid groups (broad SMARTS) is 1. The van der Waals surface area contributed by atoms with Gasteiger partial charge in [-0.1, -0.05) is 32.0 Å². The quantitative estimate of drug-likeness (QED) is 0.686. The van der Waals surface area contributed by atoms with Crippen molar-refractivity contribution in [3.05, 3.63) is 60.2 Å². The fourth-order valence-electron chi connectivity index (χ4n) is 2.22. The van der Waals surface area contributed by atoms with Crippen LogP contribution in [0.3, 0.4) is 0 Å². The van der Waals surface area contributed by atoms with Crippen LogP contribution in [0.1, 0.15) is 24.2 Å². The maximum Gasteiger partial charge on any atom is 0.322 e. The Morgan fingerprint density at radius 1 is 0.962 bits per heavy atom. The van der Waals surface area contributed by atoms with Gasteiger partial charge in [0.05, 0.1) is 4.90 Å². The first-order valence-electron chi connectivity index (χ1n) is 7.92. The zero-order valence-electron chi connectivity index (χ0n) is 14.3. The van der Waals surface area contributed by atoms with Crippen molar-refractivity contribution in [2.45, 2.75) is 24.8 Å². The third-order valence-electron chi connectivity index (χ3n) is 3.67. The van der Waals surface area contributed by atoms with E-state index >= 15 is 0 Å². The van der Waals surface area contributed by atoms with Gasteiger partial charge in [0.2, 0.25) is 10.0 Å². The van der Waals surface area contributed by atoms with Crippen molar-refractivity contribution >= 4 is 27.6 Å². The number of nitrogens with one attached hydrogen (secondary N) is 2. The van der Waals surface area contributed by atoms with Gasteiger partial charge in [-0.2, -0.15) is 4.72 Å². The molecule has 1 amide bonds. The van der Waals surface area contributed by atoms with E-state index in [-0.39, 0.29) is 10.8 Å². The Kier molecular flexibility index (Phi) is 6.12. The average Bonchev–Trinajstić information content (AvgIpc) is 2.60. The second-order valence-electron chi connectivity index (χ2n) is 6.03. The summed E-state index contributed by atoms with van der Waals surface area (Å²) in [6.45, 7) is 3.23. The molecule has 3 N–H and O–H groups in total. The first-order valence-corrected chi connectivity index (χ1v) is 9.40. The number of benzene rings is 2. The van der Waals surface area contributed by atoms with Crippen LogP contribution in [0, 0.1) is 5.92 Å². The van der Waals surface area contributed by atoms with Crippen LogP contribution >= 0.6 is 0 Å². The molecule has 1 atom stereocenters. The van der Waals surface area contributed by atoms with Crippen molar-refractivity contribution in [3.63, 3.8) is 0 Å². The number of rotatable bonds is 7. The molecule has 0 unspecified atom stereocenters. The third kappa shape index (κ3) is 4.90. The average molecular weight is 376 g/mol. The van der Waals surface area contributed by atoms with Gasteiger partial charge < -0.3 is 10.4 Å². The van der Waals surface area contributed by atoms with Crippen LogP contribution in [0.5, 0.6) is 0 Å². The standard InChI is InChI=1S/C18H20N2O5S/c1-12(2)16(18(22)23)20-26(24,25)15-10-8-14(9-11-15)19-17(21)13-6-4-3-5-7-13/h3-12,16,20H,1-2H3,(H,19,21)(H,22,23)/t16-/m0/s1. The third-order valence-corrected chi connectivity index (χ3v) is 5.13. The van der Waals surface area contributed by atoms with Crippen LogP contribution in [0.25, 0.3) is 0 Å². The molecule has 7 nitrogen and oxygen atoms in total. The predicted molar refractivity (Wildman–Crippen MR) is 97.4 cm³/mol. The largest absolute Gasteiger partial charge is 0.480 e. The fourth-order valence-corrected chi connectivity index (χ4v) is 3.55. The maximum absolute atomic E-state index is 12.3. The SMILES string of the molecule is CC(C)[C@H](NS(=O)(=O)c1ccc(NC(=O)c2ccccc2)cc1)C(=O)O. The van der Waals surface area contributed by atoms with Crippen LogP contribution in [-0.2, 0) is 14.8 Å². The van der Waals surface area contributed by atoms with Gasteiger partial charge in [-0.25, -0.2) is 8.42 Å². The van der Waals surface area contributed by atoms with Crippen LogP contribution in [0.2, 0.25) is 0 Å². The number of anilines is 1. The molecule has 0 aliphatic carbocycles. The van der Waals surface area contributed by atoms with E-state index in [4.69, 9.17) is 5.11 Å². The minimum atomic E-state index is -3.99. The highest BCUT2D eigenvalue weighted by Crippen LogP contribution is 2.16. The minimum absolute atomic E-state index is 0.0814. The predicted octanol–water partition coefficient (Wildman–Crippen LogP) is 2.33. The lowest BCUT2D eigenvalue weighted by Gasteiger charge is -2.18. The number of amides is 1. The fraction of sp³-hybridized carbons (Fsp3) is 0.222. The molecule has 2 aromatic carbocycles. The van der Waals surface area contributed by atoms with Gasteiger partial charge in [0, 0.05) is 11.3 Å². The number of hydrogen-bond donors (Lipinski definition) is 3. The number of sulfonamides is 1. The summed E-state index contributed by atoms with van der Waals surface area (Å²) in [4.78, 5) is 23.2. The first kappa shape index (κ1) is 19.6. The van der Waals surface area contributed by atoms with Crippen molar-refractivity contribution in [1.82, 2.24) is 4.72 Å². The zero-order chi connectivity index (χ0) is 19.3. The van der Waals surface area contributed by atoms with Gasteiger partial charge in [0.1, 0.15) is 6.04 Å². The van der Waals surface area contributed by atoms with E-state index in [9.17, 15) is 18.0 Å². The van der Waals surface area contributed by atoms with Crippen molar-refractivity contribution in [1.29, 1.82) is 0 Å². The number of hydrogen-bond acceptors (Lipinski definition) is 4. The van der Waals surface area contributed by atoms with Crippen LogP contribution < -0.4 is 10.0 Å². The molecule has 26 heavy (non-hydrogen) atoms. The highest BCUT2D eigenvalue weighted by molar-refractivity contribution is 7.89. The molecule has 0 aliphatic heterocycles. The number of aliphatic carboxylic acids is 1. The molecule has 0 spiro atoms. The van der Waals surface area contributed by atoms with E-state index in [2.05, 4.69) is 10.0 Å². The number of carbonyl (C=O) groups is 2. The van der Waals surface area contributed by atoms with Gasteiger partial charge >= 0.3 is 5.97 Å². The zero-order valence-corrected chi connectivity index (χ0v) is 15.2. The Morgan fingerprint density at radius 3 is 2.04 bits per heavy atom. The summed E-state index contributed by atoms with van der Waals surface area (Å²) in [6, 6.07) is 12.9. The van der Waals surface area contributed by atoms with E-state index in [1.54, 1.807) is 44.2 Å². The molecule has 0 heterocycles. The van der Waals surface area contributed by atoms with E-state index in [0.29, 0.717) is 11.3 Å². The summed E-state index contributed by atoms with van der Waals surface area (Å²) in [5.41, 5.74) is 0.906. The van der Waals surface area contributed by atoms with Gasteiger partial charge in [0.25, 0.3) is 5.91 Å². The maximum atomic E-state index is 12.3. The summed E-state index contributed by atoms with van der Waals surface area (Å²) in [5.74, 6) is -1.97. The lowest BCUT2D eigenvalue weighted by Crippen LogP contribution is -2.44. The molecule has 0 bridgehead atoms. The van der Waals surface area contributed by atoms with Crippen LogP contribution in [0.4, 0.5) is 5.69 Å². The number of carbonyl (C=O) groups excluding carboxylic acids is 1. The summed E-state index contributed by atoms with van der Waals surface area (Å²) in [7, 11) is -3.99. The van der Waals surface area contributed by atoms with E-state index in [1.165, 1.54) is 24.3 Å². The van der Waals surface area contributed by atoms with E-state index < -0.39 is 28.0 Å². The van der Waals surface area contributed by atoms with E-state index in [0.717, 1.165) is 0 Å². The Balaban J connectivity index is 2.13. The highest BCUT2D eigenvalue weighted by atomic mass is 32.2. The van der Waals surface area contributed by atoms with Crippen LogP contribution in [0.15, 0.2) is 59.5 Å². The molecule has 138 valence electrons. The molecule has 0 fully saturated rings.